The van der Waals surface area contributed by atoms with E-state index in [1.165, 1.54) is 103 Å². The van der Waals surface area contributed by atoms with Gasteiger partial charge < -0.3 is 9.47 Å². The fourth-order valence-electron chi connectivity index (χ4n) is 3.53. The fraction of sp³-hybridized carbons (Fsp3) is 0.960. The van der Waals surface area contributed by atoms with Crippen molar-refractivity contribution in [3.05, 3.63) is 0 Å². The summed E-state index contributed by atoms with van der Waals surface area (Å²) < 4.78 is 10.3. The maximum Gasteiger partial charge on any atom is 0.508 e. The van der Waals surface area contributed by atoms with Gasteiger partial charge in [0.05, 0.1) is 13.2 Å². The summed E-state index contributed by atoms with van der Waals surface area (Å²) in [5.74, 6) is 0. The molecule has 0 rings (SSSR count). The van der Waals surface area contributed by atoms with Gasteiger partial charge in [0.25, 0.3) is 0 Å². The maximum atomic E-state index is 11.5. The molecule has 28 heavy (non-hydrogen) atoms. The van der Waals surface area contributed by atoms with Crippen LogP contribution in [-0.2, 0) is 9.47 Å². The summed E-state index contributed by atoms with van der Waals surface area (Å²) in [7, 11) is 0. The highest BCUT2D eigenvalue weighted by Crippen LogP contribution is 2.12. The molecule has 0 aliphatic rings. The summed E-state index contributed by atoms with van der Waals surface area (Å²) in [5.41, 5.74) is 0. The van der Waals surface area contributed by atoms with E-state index in [9.17, 15) is 4.79 Å². The zero-order valence-corrected chi connectivity index (χ0v) is 19.3. The Labute approximate surface area is 176 Å². The first kappa shape index (κ1) is 27.3. The Morgan fingerprint density at radius 1 is 0.429 bits per heavy atom. The molecule has 168 valence electrons. The first-order chi connectivity index (χ1) is 13.8. The van der Waals surface area contributed by atoms with Crippen LogP contribution in [0.2, 0.25) is 0 Å². The van der Waals surface area contributed by atoms with Crippen molar-refractivity contribution in [1.29, 1.82) is 0 Å². The van der Waals surface area contributed by atoms with Gasteiger partial charge in [-0.15, -0.1) is 0 Å². The summed E-state index contributed by atoms with van der Waals surface area (Å²) >= 11 is 0. The smallest absolute Gasteiger partial charge is 0.434 e. The Morgan fingerprint density at radius 2 is 0.679 bits per heavy atom. The topological polar surface area (TPSA) is 35.5 Å². The van der Waals surface area contributed by atoms with Gasteiger partial charge in [0, 0.05) is 0 Å². The Morgan fingerprint density at radius 3 is 0.964 bits per heavy atom. The molecule has 0 radical (unpaired) electrons. The lowest BCUT2D eigenvalue weighted by Gasteiger charge is -2.06. The first-order valence-electron chi connectivity index (χ1n) is 12.6. The average molecular weight is 399 g/mol. The molecule has 0 aromatic heterocycles. The lowest BCUT2D eigenvalue weighted by Crippen LogP contribution is -2.09. The van der Waals surface area contributed by atoms with Gasteiger partial charge in [0.2, 0.25) is 0 Å². The Hall–Kier alpha value is -0.730. The van der Waals surface area contributed by atoms with E-state index in [1.807, 2.05) is 0 Å². The van der Waals surface area contributed by atoms with Crippen molar-refractivity contribution < 1.29 is 14.3 Å². The minimum absolute atomic E-state index is 0.482. The Balaban J connectivity index is 3.12. The van der Waals surface area contributed by atoms with Gasteiger partial charge in [-0.25, -0.2) is 4.79 Å². The van der Waals surface area contributed by atoms with E-state index in [0.717, 1.165) is 25.7 Å². The molecule has 0 bridgehead atoms. The minimum Gasteiger partial charge on any atom is -0.434 e. The molecule has 0 aromatic carbocycles. The highest BCUT2D eigenvalue weighted by Gasteiger charge is 2.03. The molecule has 0 aromatic rings. The molecule has 0 heterocycles. The SMILES string of the molecule is CCCCCCCCCCCCCCCOC(=O)OCCCCCCCCC. The number of unbranched alkanes of at least 4 members (excludes halogenated alkanes) is 18. The van der Waals surface area contributed by atoms with Crippen LogP contribution in [0, 0.1) is 0 Å². The number of carbonyl (C=O) groups excluding carboxylic acids is 1. The molecular formula is C25H50O3. The largest absolute Gasteiger partial charge is 0.508 e. The molecule has 0 saturated heterocycles. The number of carbonyl (C=O) groups is 1. The third-order valence-electron chi connectivity index (χ3n) is 5.44. The fourth-order valence-corrected chi connectivity index (χ4v) is 3.53. The van der Waals surface area contributed by atoms with Crippen LogP contribution in [0.5, 0.6) is 0 Å². The van der Waals surface area contributed by atoms with Crippen molar-refractivity contribution >= 4 is 6.16 Å². The first-order valence-corrected chi connectivity index (χ1v) is 12.6. The third kappa shape index (κ3) is 23.3. The van der Waals surface area contributed by atoms with Crippen LogP contribution in [0.4, 0.5) is 4.79 Å². The van der Waals surface area contributed by atoms with Crippen molar-refractivity contribution in [2.45, 2.75) is 142 Å². The van der Waals surface area contributed by atoms with Crippen LogP contribution in [-0.4, -0.2) is 19.4 Å². The van der Waals surface area contributed by atoms with E-state index in [0.29, 0.717) is 13.2 Å². The lowest BCUT2D eigenvalue weighted by atomic mass is 10.0. The molecule has 0 N–H and O–H groups in total. The summed E-state index contributed by atoms with van der Waals surface area (Å²) in [6, 6.07) is 0. The highest BCUT2D eigenvalue weighted by atomic mass is 16.7. The number of ether oxygens (including phenoxy) is 2. The van der Waals surface area contributed by atoms with E-state index >= 15 is 0 Å². The van der Waals surface area contributed by atoms with Crippen LogP contribution < -0.4 is 0 Å². The normalized spacial score (nSPS) is 10.9. The predicted octanol–water partition coefficient (Wildman–Crippen LogP) is 8.98. The molecule has 0 aliphatic carbocycles. The summed E-state index contributed by atoms with van der Waals surface area (Å²) in [4.78, 5) is 11.5. The minimum atomic E-state index is -0.482. The molecule has 3 heteroatoms. The second-order valence-corrected chi connectivity index (χ2v) is 8.31. The molecule has 0 aliphatic heterocycles. The second kappa shape index (κ2) is 24.3. The lowest BCUT2D eigenvalue weighted by molar-refractivity contribution is 0.0529. The van der Waals surface area contributed by atoms with Crippen molar-refractivity contribution in [2.75, 3.05) is 13.2 Å². The molecule has 0 spiro atoms. The monoisotopic (exact) mass is 398 g/mol. The van der Waals surface area contributed by atoms with Gasteiger partial charge in [-0.2, -0.15) is 0 Å². The molecule has 0 atom stereocenters. The second-order valence-electron chi connectivity index (χ2n) is 8.31. The molecule has 3 nitrogen and oxygen atoms in total. The van der Waals surface area contributed by atoms with E-state index in [2.05, 4.69) is 13.8 Å². The van der Waals surface area contributed by atoms with Gasteiger partial charge >= 0.3 is 6.16 Å². The van der Waals surface area contributed by atoms with Gasteiger partial charge in [0.15, 0.2) is 0 Å². The maximum absolute atomic E-state index is 11.5. The summed E-state index contributed by atoms with van der Waals surface area (Å²) in [5, 5.41) is 0. The summed E-state index contributed by atoms with van der Waals surface area (Å²) in [6.45, 7) is 5.52. The Kier molecular flexibility index (Phi) is 23.7. The van der Waals surface area contributed by atoms with Crippen LogP contribution in [0.1, 0.15) is 142 Å². The van der Waals surface area contributed by atoms with Crippen molar-refractivity contribution in [2.24, 2.45) is 0 Å². The predicted molar refractivity (Wildman–Crippen MR) is 121 cm³/mol. The summed E-state index contributed by atoms with van der Waals surface area (Å²) in [6.07, 6.45) is 25.4. The van der Waals surface area contributed by atoms with Crippen LogP contribution in [0.15, 0.2) is 0 Å². The molecule has 0 saturated carbocycles. The van der Waals surface area contributed by atoms with Crippen molar-refractivity contribution in [1.82, 2.24) is 0 Å². The van der Waals surface area contributed by atoms with Crippen molar-refractivity contribution in [3.63, 3.8) is 0 Å². The van der Waals surface area contributed by atoms with Gasteiger partial charge in [-0.1, -0.05) is 129 Å². The number of hydrogen-bond acceptors (Lipinski definition) is 3. The number of hydrogen-bond donors (Lipinski definition) is 0. The van der Waals surface area contributed by atoms with E-state index < -0.39 is 6.16 Å². The number of rotatable bonds is 22. The molecule has 0 fully saturated rings. The third-order valence-corrected chi connectivity index (χ3v) is 5.44. The molecule has 0 unspecified atom stereocenters. The highest BCUT2D eigenvalue weighted by molar-refractivity contribution is 5.59. The average Bonchev–Trinajstić information content (AvgIpc) is 2.70. The zero-order valence-electron chi connectivity index (χ0n) is 19.3. The molecule has 0 amide bonds. The van der Waals surface area contributed by atoms with Gasteiger partial charge in [-0.05, 0) is 12.8 Å². The standard InChI is InChI=1S/C25H50O3/c1-3-5-7-9-11-12-13-14-15-16-18-20-22-24-28-25(26)27-23-21-19-17-10-8-6-4-2/h3-24H2,1-2H3. The Bertz CT molecular complexity index is 304. The van der Waals surface area contributed by atoms with Crippen LogP contribution >= 0.6 is 0 Å². The zero-order chi connectivity index (χ0) is 20.5. The van der Waals surface area contributed by atoms with E-state index in [-0.39, 0.29) is 0 Å². The van der Waals surface area contributed by atoms with Gasteiger partial charge in [-0.3, -0.25) is 0 Å². The molecular weight excluding hydrogens is 348 g/mol. The van der Waals surface area contributed by atoms with Gasteiger partial charge in [0.1, 0.15) is 0 Å². The van der Waals surface area contributed by atoms with Crippen LogP contribution in [0.3, 0.4) is 0 Å². The van der Waals surface area contributed by atoms with E-state index in [1.54, 1.807) is 0 Å². The van der Waals surface area contributed by atoms with Crippen LogP contribution in [0.25, 0.3) is 0 Å². The van der Waals surface area contributed by atoms with Crippen molar-refractivity contribution in [3.8, 4) is 0 Å². The quantitative estimate of drug-likeness (QED) is 0.135. The van der Waals surface area contributed by atoms with E-state index in [4.69, 9.17) is 9.47 Å².